The monoisotopic (exact) mass is 262 g/mol. The number of hydrogen-bond donors (Lipinski definition) is 2. The number of nitrogens with one attached hydrogen (secondary N) is 2. The Labute approximate surface area is 112 Å². The molecular formula is C14H18N2OS. The van der Waals surface area contributed by atoms with Crippen molar-refractivity contribution in [3.8, 4) is 0 Å². The minimum absolute atomic E-state index is 0.0662. The van der Waals surface area contributed by atoms with Crippen LogP contribution in [0.4, 0.5) is 0 Å². The van der Waals surface area contributed by atoms with Gasteiger partial charge < -0.3 is 0 Å². The topological polar surface area (TPSA) is 41.1 Å². The zero-order valence-electron chi connectivity index (χ0n) is 10.6. The van der Waals surface area contributed by atoms with Gasteiger partial charge in [0.25, 0.3) is 0 Å². The summed E-state index contributed by atoms with van der Waals surface area (Å²) in [6.07, 6.45) is 6.87. The molecule has 1 aliphatic rings. The summed E-state index contributed by atoms with van der Waals surface area (Å²) in [5.41, 5.74) is 6.89. The van der Waals surface area contributed by atoms with Crippen LogP contribution in [-0.4, -0.2) is 18.2 Å². The third-order valence-electron chi connectivity index (χ3n) is 3.09. The van der Waals surface area contributed by atoms with E-state index >= 15 is 0 Å². The van der Waals surface area contributed by atoms with E-state index in [0.29, 0.717) is 12.3 Å². The number of hydrogen-bond acceptors (Lipinski definition) is 3. The van der Waals surface area contributed by atoms with Gasteiger partial charge in [0.1, 0.15) is 0 Å². The normalized spacial score (nSPS) is 24.2. The Kier molecular flexibility index (Phi) is 4.44. The molecule has 18 heavy (non-hydrogen) atoms. The first-order chi connectivity index (χ1) is 8.69. The molecule has 2 atom stereocenters. The number of rotatable bonds is 3. The first-order valence-corrected chi connectivity index (χ1v) is 7.28. The van der Waals surface area contributed by atoms with E-state index in [1.54, 1.807) is 11.8 Å². The van der Waals surface area contributed by atoms with Crippen molar-refractivity contribution >= 4 is 23.7 Å². The molecule has 2 rings (SSSR count). The van der Waals surface area contributed by atoms with Crippen LogP contribution in [0.3, 0.4) is 0 Å². The van der Waals surface area contributed by atoms with Crippen LogP contribution in [0.15, 0.2) is 35.2 Å². The highest BCUT2D eigenvalue weighted by atomic mass is 32.2. The zero-order valence-corrected chi connectivity index (χ0v) is 11.5. The van der Waals surface area contributed by atoms with Crippen molar-refractivity contribution < 1.29 is 4.79 Å². The van der Waals surface area contributed by atoms with Crippen LogP contribution < -0.4 is 10.9 Å². The average Bonchev–Trinajstić information content (AvgIpc) is 2.38. The second-order valence-electron chi connectivity index (χ2n) is 4.54. The van der Waals surface area contributed by atoms with E-state index < -0.39 is 0 Å². The van der Waals surface area contributed by atoms with Gasteiger partial charge in [-0.15, -0.1) is 11.8 Å². The molecule has 2 N–H and O–H groups in total. The maximum Gasteiger partial charge on any atom is 0.234 e. The Hall–Kier alpha value is -1.26. The van der Waals surface area contributed by atoms with Crippen molar-refractivity contribution in [2.24, 2.45) is 5.92 Å². The van der Waals surface area contributed by atoms with Crippen LogP contribution in [-0.2, 0) is 4.79 Å². The SMILES string of the molecule is CSc1cccc(/C=C/C2NNC(=O)CC2C)c1. The zero-order chi connectivity index (χ0) is 13.0. The maximum absolute atomic E-state index is 11.2. The largest absolute Gasteiger partial charge is 0.291 e. The number of benzene rings is 1. The molecule has 0 radical (unpaired) electrons. The fraction of sp³-hybridized carbons (Fsp3) is 0.357. The van der Waals surface area contributed by atoms with E-state index in [9.17, 15) is 4.79 Å². The first-order valence-electron chi connectivity index (χ1n) is 6.05. The molecule has 3 nitrogen and oxygen atoms in total. The molecule has 96 valence electrons. The molecule has 0 saturated carbocycles. The number of carbonyl (C=O) groups excluding carboxylic acids is 1. The first kappa shape index (κ1) is 13.2. The van der Waals surface area contributed by atoms with Gasteiger partial charge in [-0.05, 0) is 29.9 Å². The summed E-state index contributed by atoms with van der Waals surface area (Å²) >= 11 is 1.74. The van der Waals surface area contributed by atoms with Gasteiger partial charge in [0.2, 0.25) is 5.91 Å². The lowest BCUT2D eigenvalue weighted by Gasteiger charge is -2.27. The van der Waals surface area contributed by atoms with Gasteiger partial charge in [-0.3, -0.25) is 10.2 Å². The Bertz CT molecular complexity index is 459. The fourth-order valence-corrected chi connectivity index (χ4v) is 2.44. The molecule has 0 spiro atoms. The second kappa shape index (κ2) is 6.07. The summed E-state index contributed by atoms with van der Waals surface area (Å²) in [5.74, 6) is 0.385. The fourth-order valence-electron chi connectivity index (χ4n) is 1.97. The summed E-state index contributed by atoms with van der Waals surface area (Å²) < 4.78 is 0. The molecule has 1 fully saturated rings. The lowest BCUT2D eigenvalue weighted by atomic mass is 9.96. The predicted molar refractivity (Wildman–Crippen MR) is 76.1 cm³/mol. The number of carbonyl (C=O) groups is 1. The summed E-state index contributed by atoms with van der Waals surface area (Å²) in [4.78, 5) is 12.4. The van der Waals surface area contributed by atoms with Gasteiger partial charge in [0.05, 0.1) is 0 Å². The number of hydrazine groups is 1. The summed E-state index contributed by atoms with van der Waals surface area (Å²) in [6.45, 7) is 2.08. The molecule has 0 aromatic heterocycles. The van der Waals surface area contributed by atoms with Gasteiger partial charge in [-0.25, -0.2) is 5.43 Å². The summed E-state index contributed by atoms with van der Waals surface area (Å²) in [6, 6.07) is 8.60. The molecular weight excluding hydrogens is 244 g/mol. The molecule has 1 aliphatic heterocycles. The minimum Gasteiger partial charge on any atom is -0.291 e. The molecule has 2 unspecified atom stereocenters. The van der Waals surface area contributed by atoms with Crippen LogP contribution in [0.1, 0.15) is 18.9 Å². The van der Waals surface area contributed by atoms with Crippen molar-refractivity contribution in [3.63, 3.8) is 0 Å². The van der Waals surface area contributed by atoms with E-state index in [0.717, 1.165) is 0 Å². The van der Waals surface area contributed by atoms with Crippen molar-refractivity contribution in [2.75, 3.05) is 6.26 Å². The standard InChI is InChI=1S/C14H18N2OS/c1-10-8-14(17)16-15-13(10)7-6-11-4-3-5-12(9-11)18-2/h3-7,9-10,13,15H,8H2,1-2H3,(H,16,17)/b7-6+. The van der Waals surface area contributed by atoms with Crippen LogP contribution in [0.2, 0.25) is 0 Å². The number of amides is 1. The molecule has 4 heteroatoms. The number of thioether (sulfide) groups is 1. The minimum atomic E-state index is 0.0662. The van der Waals surface area contributed by atoms with E-state index in [4.69, 9.17) is 0 Å². The third kappa shape index (κ3) is 3.37. The average molecular weight is 262 g/mol. The predicted octanol–water partition coefficient (Wildman–Crippen LogP) is 2.45. The van der Waals surface area contributed by atoms with Crippen molar-refractivity contribution in [1.82, 2.24) is 10.9 Å². The lowest BCUT2D eigenvalue weighted by Crippen LogP contribution is -2.52. The van der Waals surface area contributed by atoms with Crippen LogP contribution in [0.25, 0.3) is 6.08 Å². The molecule has 0 bridgehead atoms. The van der Waals surface area contributed by atoms with Gasteiger partial charge in [0.15, 0.2) is 0 Å². The van der Waals surface area contributed by atoms with Gasteiger partial charge >= 0.3 is 0 Å². The molecule has 1 saturated heterocycles. The van der Waals surface area contributed by atoms with Crippen LogP contribution >= 0.6 is 11.8 Å². The van der Waals surface area contributed by atoms with E-state index in [-0.39, 0.29) is 11.9 Å². The smallest absolute Gasteiger partial charge is 0.234 e. The Morgan fingerprint density at radius 1 is 1.44 bits per heavy atom. The Balaban J connectivity index is 2.03. The van der Waals surface area contributed by atoms with Crippen molar-refractivity contribution in [2.45, 2.75) is 24.3 Å². The van der Waals surface area contributed by atoms with E-state index in [1.807, 2.05) is 0 Å². The molecule has 1 aromatic carbocycles. The highest BCUT2D eigenvalue weighted by Gasteiger charge is 2.22. The molecule has 0 aliphatic carbocycles. The molecule has 1 amide bonds. The van der Waals surface area contributed by atoms with Crippen molar-refractivity contribution in [3.05, 3.63) is 35.9 Å². The van der Waals surface area contributed by atoms with Crippen LogP contribution in [0, 0.1) is 5.92 Å². The third-order valence-corrected chi connectivity index (χ3v) is 3.81. The second-order valence-corrected chi connectivity index (χ2v) is 5.42. The van der Waals surface area contributed by atoms with E-state index in [2.05, 4.69) is 60.4 Å². The Morgan fingerprint density at radius 3 is 3.00 bits per heavy atom. The highest BCUT2D eigenvalue weighted by molar-refractivity contribution is 7.98. The molecule has 1 aromatic rings. The van der Waals surface area contributed by atoms with Gasteiger partial charge in [-0.1, -0.05) is 31.2 Å². The lowest BCUT2D eigenvalue weighted by molar-refractivity contribution is -0.125. The van der Waals surface area contributed by atoms with Crippen molar-refractivity contribution in [1.29, 1.82) is 0 Å². The Morgan fingerprint density at radius 2 is 2.28 bits per heavy atom. The quantitative estimate of drug-likeness (QED) is 0.822. The van der Waals surface area contributed by atoms with Gasteiger partial charge in [0, 0.05) is 17.4 Å². The van der Waals surface area contributed by atoms with E-state index in [1.165, 1.54) is 10.5 Å². The maximum atomic E-state index is 11.2. The van der Waals surface area contributed by atoms with Gasteiger partial charge in [-0.2, -0.15) is 0 Å². The van der Waals surface area contributed by atoms with Crippen LogP contribution in [0.5, 0.6) is 0 Å². The highest BCUT2D eigenvalue weighted by Crippen LogP contribution is 2.18. The summed E-state index contributed by atoms with van der Waals surface area (Å²) in [5, 5.41) is 0. The summed E-state index contributed by atoms with van der Waals surface area (Å²) in [7, 11) is 0. The molecule has 1 heterocycles.